The van der Waals surface area contributed by atoms with Crippen LogP contribution >= 0.6 is 0 Å². The summed E-state index contributed by atoms with van der Waals surface area (Å²) in [5, 5.41) is 7.17. The number of carbonyl (C=O) groups is 1. The van der Waals surface area contributed by atoms with E-state index in [1.54, 1.807) is 10.9 Å². The Balaban J connectivity index is 1.75. The monoisotopic (exact) mass is 375 g/mol. The number of amides is 1. The number of rotatable bonds is 4. The largest absolute Gasteiger partial charge is 0.322 e. The second-order valence-corrected chi connectivity index (χ2v) is 6.12. The maximum absolute atomic E-state index is 13.5. The van der Waals surface area contributed by atoms with Crippen LogP contribution in [0.1, 0.15) is 10.4 Å². The number of halogens is 2. The zero-order chi connectivity index (χ0) is 19.5. The van der Waals surface area contributed by atoms with E-state index in [1.807, 2.05) is 60.7 Å². The fourth-order valence-corrected chi connectivity index (χ4v) is 2.83. The van der Waals surface area contributed by atoms with Crippen LogP contribution in [0.15, 0.2) is 85.1 Å². The lowest BCUT2D eigenvalue weighted by molar-refractivity contribution is 0.102. The fourth-order valence-electron chi connectivity index (χ4n) is 2.83. The first-order valence-corrected chi connectivity index (χ1v) is 8.59. The predicted molar refractivity (Wildman–Crippen MR) is 103 cm³/mol. The van der Waals surface area contributed by atoms with Crippen LogP contribution in [0.5, 0.6) is 0 Å². The average Bonchev–Trinajstić information content (AvgIpc) is 3.18. The van der Waals surface area contributed by atoms with Gasteiger partial charge in [0.1, 0.15) is 5.69 Å². The number of carbonyl (C=O) groups excluding carboxylic acids is 1. The molecule has 0 spiro atoms. The molecule has 1 heterocycles. The highest BCUT2D eigenvalue weighted by molar-refractivity contribution is 6.08. The molecular formula is C22H15F2N3O. The molecule has 0 aliphatic heterocycles. The van der Waals surface area contributed by atoms with E-state index in [9.17, 15) is 13.6 Å². The third-order valence-corrected chi connectivity index (χ3v) is 4.20. The van der Waals surface area contributed by atoms with Gasteiger partial charge in [-0.1, -0.05) is 48.5 Å². The molecule has 0 bridgehead atoms. The zero-order valence-electron chi connectivity index (χ0n) is 14.6. The summed E-state index contributed by atoms with van der Waals surface area (Å²) in [6.07, 6.45) is 1.62. The van der Waals surface area contributed by atoms with Crippen molar-refractivity contribution < 1.29 is 13.6 Å². The number of benzene rings is 3. The van der Waals surface area contributed by atoms with Crippen molar-refractivity contribution in [3.05, 3.63) is 102 Å². The lowest BCUT2D eigenvalue weighted by Crippen LogP contribution is -2.12. The van der Waals surface area contributed by atoms with E-state index in [1.165, 1.54) is 6.07 Å². The summed E-state index contributed by atoms with van der Waals surface area (Å²) in [6.45, 7) is 0. The summed E-state index contributed by atoms with van der Waals surface area (Å²) >= 11 is 0. The van der Waals surface area contributed by atoms with Crippen molar-refractivity contribution in [1.82, 2.24) is 9.78 Å². The topological polar surface area (TPSA) is 46.9 Å². The van der Waals surface area contributed by atoms with Gasteiger partial charge in [-0.05, 0) is 24.3 Å². The zero-order valence-corrected chi connectivity index (χ0v) is 14.6. The number of anilines is 1. The average molecular weight is 375 g/mol. The molecule has 0 saturated carbocycles. The van der Waals surface area contributed by atoms with E-state index in [2.05, 4.69) is 10.4 Å². The molecule has 0 fully saturated rings. The van der Waals surface area contributed by atoms with E-state index in [0.29, 0.717) is 11.3 Å². The van der Waals surface area contributed by atoms with Crippen LogP contribution in [-0.2, 0) is 0 Å². The van der Waals surface area contributed by atoms with Crippen LogP contribution in [0.4, 0.5) is 14.5 Å². The lowest BCUT2D eigenvalue weighted by atomic mass is 10.1. The van der Waals surface area contributed by atoms with E-state index >= 15 is 0 Å². The molecule has 6 heteroatoms. The highest BCUT2D eigenvalue weighted by Crippen LogP contribution is 2.25. The minimum atomic E-state index is -1.03. The van der Waals surface area contributed by atoms with E-state index in [0.717, 1.165) is 23.4 Å². The van der Waals surface area contributed by atoms with E-state index in [4.69, 9.17) is 0 Å². The Hall–Kier alpha value is -3.80. The van der Waals surface area contributed by atoms with E-state index < -0.39 is 17.5 Å². The van der Waals surface area contributed by atoms with Crippen LogP contribution in [0, 0.1) is 11.6 Å². The maximum Gasteiger partial charge on any atom is 0.259 e. The van der Waals surface area contributed by atoms with Crippen molar-refractivity contribution in [3.8, 4) is 16.9 Å². The Bertz CT molecular complexity index is 1130. The Morgan fingerprint density at radius 1 is 0.857 bits per heavy atom. The van der Waals surface area contributed by atoms with Gasteiger partial charge in [0, 0.05) is 23.5 Å². The maximum atomic E-state index is 13.5. The Labute approximate surface area is 160 Å². The van der Waals surface area contributed by atoms with Crippen LogP contribution in [-0.4, -0.2) is 15.7 Å². The fraction of sp³-hybridized carbons (Fsp3) is 0. The van der Waals surface area contributed by atoms with Crippen molar-refractivity contribution in [2.45, 2.75) is 0 Å². The molecule has 4 rings (SSSR count). The molecule has 1 aromatic heterocycles. The van der Waals surface area contributed by atoms with Gasteiger partial charge in [0.25, 0.3) is 5.91 Å². The lowest BCUT2D eigenvalue weighted by Gasteiger charge is -2.06. The highest BCUT2D eigenvalue weighted by atomic mass is 19.2. The highest BCUT2D eigenvalue weighted by Gasteiger charge is 2.19. The molecule has 1 N–H and O–H groups in total. The molecule has 0 aliphatic carbocycles. The van der Waals surface area contributed by atoms with Gasteiger partial charge in [-0.25, -0.2) is 13.5 Å². The number of hydrogen-bond donors (Lipinski definition) is 1. The summed E-state index contributed by atoms with van der Waals surface area (Å²) < 4.78 is 28.2. The van der Waals surface area contributed by atoms with Crippen molar-refractivity contribution >= 4 is 11.6 Å². The van der Waals surface area contributed by atoms with Crippen LogP contribution in [0.2, 0.25) is 0 Å². The summed E-state index contributed by atoms with van der Waals surface area (Å²) in [6, 6.07) is 21.9. The molecule has 0 aliphatic rings. The van der Waals surface area contributed by atoms with Crippen molar-refractivity contribution in [2.24, 2.45) is 0 Å². The van der Waals surface area contributed by atoms with Gasteiger partial charge in [0.15, 0.2) is 11.6 Å². The molecule has 0 saturated heterocycles. The van der Waals surface area contributed by atoms with Gasteiger partial charge in [-0.15, -0.1) is 0 Å². The van der Waals surface area contributed by atoms with Crippen LogP contribution < -0.4 is 5.32 Å². The molecule has 0 radical (unpaired) electrons. The second-order valence-electron chi connectivity index (χ2n) is 6.12. The number of aromatic nitrogens is 2. The predicted octanol–water partition coefficient (Wildman–Crippen LogP) is 5.07. The summed E-state index contributed by atoms with van der Waals surface area (Å²) in [4.78, 5) is 12.9. The number of para-hydroxylation sites is 1. The molecule has 4 nitrogen and oxygen atoms in total. The molecule has 4 aromatic rings. The molecule has 0 atom stereocenters. The first kappa shape index (κ1) is 17.6. The Morgan fingerprint density at radius 3 is 2.21 bits per heavy atom. The molecule has 0 unspecified atom stereocenters. The van der Waals surface area contributed by atoms with Crippen molar-refractivity contribution in [2.75, 3.05) is 5.32 Å². The van der Waals surface area contributed by atoms with Gasteiger partial charge < -0.3 is 5.32 Å². The van der Waals surface area contributed by atoms with Gasteiger partial charge in [-0.3, -0.25) is 4.79 Å². The second kappa shape index (κ2) is 7.44. The third kappa shape index (κ3) is 3.53. The quantitative estimate of drug-likeness (QED) is 0.541. The minimum absolute atomic E-state index is 0.162. The van der Waals surface area contributed by atoms with Crippen LogP contribution in [0.3, 0.4) is 0 Å². The number of nitrogens with zero attached hydrogens (tertiary/aromatic N) is 2. The van der Waals surface area contributed by atoms with Gasteiger partial charge >= 0.3 is 0 Å². The normalized spacial score (nSPS) is 10.6. The molecule has 138 valence electrons. The number of nitrogens with one attached hydrogen (secondary N) is 1. The minimum Gasteiger partial charge on any atom is -0.322 e. The Kier molecular flexibility index (Phi) is 4.68. The van der Waals surface area contributed by atoms with E-state index in [-0.39, 0.29) is 5.69 Å². The molecule has 3 aromatic carbocycles. The molecule has 28 heavy (non-hydrogen) atoms. The summed E-state index contributed by atoms with van der Waals surface area (Å²) in [5.41, 5.74) is 2.54. The van der Waals surface area contributed by atoms with Gasteiger partial charge in [-0.2, -0.15) is 5.10 Å². The third-order valence-electron chi connectivity index (χ3n) is 4.20. The van der Waals surface area contributed by atoms with Crippen molar-refractivity contribution in [1.29, 1.82) is 0 Å². The van der Waals surface area contributed by atoms with Crippen LogP contribution in [0.25, 0.3) is 16.9 Å². The standard InChI is InChI=1S/C22H15F2N3O/c23-19-12-11-16(13-20(19)24)25-22(28)18-14-27(17-9-5-2-6-10-17)26-21(18)15-7-3-1-4-8-15/h1-14H,(H,25,28). The SMILES string of the molecule is O=C(Nc1ccc(F)c(F)c1)c1cn(-c2ccccc2)nc1-c1ccccc1. The van der Waals surface area contributed by atoms with Crippen molar-refractivity contribution in [3.63, 3.8) is 0 Å². The molecule has 1 amide bonds. The summed E-state index contributed by atoms with van der Waals surface area (Å²) in [7, 11) is 0. The molecular weight excluding hydrogens is 360 g/mol. The van der Waals surface area contributed by atoms with Gasteiger partial charge in [0.2, 0.25) is 0 Å². The smallest absolute Gasteiger partial charge is 0.259 e. The van der Waals surface area contributed by atoms with Gasteiger partial charge in [0.05, 0.1) is 11.3 Å². The first-order chi connectivity index (χ1) is 13.6. The first-order valence-electron chi connectivity index (χ1n) is 8.59. The Morgan fingerprint density at radius 2 is 1.54 bits per heavy atom. The summed E-state index contributed by atoms with van der Waals surface area (Å²) in [5.74, 6) is -2.46. The number of hydrogen-bond acceptors (Lipinski definition) is 2.